The van der Waals surface area contributed by atoms with E-state index >= 15 is 0 Å². The fraction of sp³-hybridized carbons (Fsp3) is 1.00. The van der Waals surface area contributed by atoms with E-state index in [9.17, 15) is 0 Å². The first kappa shape index (κ1) is 16.3. The van der Waals surface area contributed by atoms with Gasteiger partial charge < -0.3 is 10.1 Å². The molecule has 2 fully saturated rings. The zero-order valence-corrected chi connectivity index (χ0v) is 13.9. The van der Waals surface area contributed by atoms with Gasteiger partial charge in [0.05, 0.1) is 12.2 Å². The molecule has 0 radical (unpaired) electrons. The first-order chi connectivity index (χ1) is 9.54. The number of ether oxygens (including phenoxy) is 1. The van der Waals surface area contributed by atoms with Crippen LogP contribution in [0.15, 0.2) is 0 Å². The summed E-state index contributed by atoms with van der Waals surface area (Å²) >= 11 is 0. The molecular weight excluding hydrogens is 248 g/mol. The van der Waals surface area contributed by atoms with Crippen LogP contribution < -0.4 is 5.32 Å². The lowest BCUT2D eigenvalue weighted by Gasteiger charge is -2.26. The molecule has 2 rings (SSSR count). The molecule has 3 heteroatoms. The zero-order valence-electron chi connectivity index (χ0n) is 13.9. The molecule has 20 heavy (non-hydrogen) atoms. The molecule has 1 heterocycles. The molecule has 0 aromatic carbocycles. The Morgan fingerprint density at radius 2 is 1.75 bits per heavy atom. The van der Waals surface area contributed by atoms with Crippen molar-refractivity contribution in [1.29, 1.82) is 0 Å². The van der Waals surface area contributed by atoms with Gasteiger partial charge in [0.2, 0.25) is 0 Å². The Balaban J connectivity index is 1.69. The molecule has 0 aromatic heterocycles. The van der Waals surface area contributed by atoms with E-state index in [1.165, 1.54) is 38.6 Å². The van der Waals surface area contributed by atoms with Crippen molar-refractivity contribution in [2.24, 2.45) is 5.92 Å². The van der Waals surface area contributed by atoms with Gasteiger partial charge in [0.25, 0.3) is 0 Å². The summed E-state index contributed by atoms with van der Waals surface area (Å²) in [5.41, 5.74) is 0. The quantitative estimate of drug-likeness (QED) is 0.703. The highest BCUT2D eigenvalue weighted by atomic mass is 16.5. The van der Waals surface area contributed by atoms with Crippen LogP contribution in [0.25, 0.3) is 0 Å². The second kappa shape index (κ2) is 7.77. The number of hydrogen-bond donors (Lipinski definition) is 1. The van der Waals surface area contributed by atoms with Crippen LogP contribution in [-0.4, -0.2) is 48.8 Å². The summed E-state index contributed by atoms with van der Waals surface area (Å²) in [6, 6.07) is 1.43. The molecule has 0 aromatic rings. The van der Waals surface area contributed by atoms with Gasteiger partial charge >= 0.3 is 0 Å². The van der Waals surface area contributed by atoms with Crippen molar-refractivity contribution in [2.75, 3.05) is 19.6 Å². The van der Waals surface area contributed by atoms with E-state index < -0.39 is 0 Å². The van der Waals surface area contributed by atoms with Crippen molar-refractivity contribution in [2.45, 2.75) is 84.1 Å². The third-order valence-corrected chi connectivity index (χ3v) is 4.44. The van der Waals surface area contributed by atoms with Crippen LogP contribution in [0.2, 0.25) is 0 Å². The molecule has 0 spiro atoms. The summed E-state index contributed by atoms with van der Waals surface area (Å²) < 4.78 is 6.22. The topological polar surface area (TPSA) is 24.5 Å². The van der Waals surface area contributed by atoms with Crippen molar-refractivity contribution < 1.29 is 4.74 Å². The highest BCUT2D eigenvalue weighted by molar-refractivity contribution is 4.87. The summed E-state index contributed by atoms with van der Waals surface area (Å²) in [6.07, 6.45) is 7.52. The molecule has 1 saturated heterocycles. The van der Waals surface area contributed by atoms with E-state index in [4.69, 9.17) is 4.74 Å². The predicted molar refractivity (Wildman–Crippen MR) is 85.1 cm³/mol. The monoisotopic (exact) mass is 282 g/mol. The van der Waals surface area contributed by atoms with Gasteiger partial charge in [-0.25, -0.2) is 0 Å². The Labute approximate surface area is 125 Å². The first-order valence-corrected chi connectivity index (χ1v) is 8.67. The average Bonchev–Trinajstić information content (AvgIpc) is 3.12. The Morgan fingerprint density at radius 3 is 2.35 bits per heavy atom. The predicted octanol–water partition coefficient (Wildman–Crippen LogP) is 3.04. The number of nitrogens with zero attached hydrogens (tertiary/aromatic N) is 1. The Hall–Kier alpha value is -0.120. The van der Waals surface area contributed by atoms with Gasteiger partial charge in [-0.15, -0.1) is 0 Å². The zero-order chi connectivity index (χ0) is 14.5. The van der Waals surface area contributed by atoms with E-state index in [0.717, 1.165) is 25.0 Å². The molecular formula is C17H34N2O. The summed E-state index contributed by atoms with van der Waals surface area (Å²) in [4.78, 5) is 2.70. The Morgan fingerprint density at radius 1 is 1.05 bits per heavy atom. The largest absolute Gasteiger partial charge is 0.372 e. The molecule has 1 aliphatic heterocycles. The summed E-state index contributed by atoms with van der Waals surface area (Å²) in [5.74, 6) is 0.809. The third-order valence-electron chi connectivity index (χ3n) is 4.44. The van der Waals surface area contributed by atoms with E-state index in [1.807, 2.05) is 0 Å². The van der Waals surface area contributed by atoms with E-state index in [1.54, 1.807) is 0 Å². The molecule has 0 amide bonds. The Kier molecular flexibility index (Phi) is 6.31. The molecule has 2 aliphatic rings. The summed E-state index contributed by atoms with van der Waals surface area (Å²) in [7, 11) is 0. The van der Waals surface area contributed by atoms with Crippen molar-refractivity contribution in [3.05, 3.63) is 0 Å². The highest BCUT2D eigenvalue weighted by Gasteiger charge is 2.33. The van der Waals surface area contributed by atoms with Crippen LogP contribution in [0, 0.1) is 5.92 Å². The molecule has 118 valence electrons. The van der Waals surface area contributed by atoms with Gasteiger partial charge in [0.1, 0.15) is 0 Å². The third kappa shape index (κ3) is 5.71. The number of rotatable bonds is 9. The highest BCUT2D eigenvalue weighted by Crippen LogP contribution is 2.30. The molecule has 1 aliphatic carbocycles. The molecule has 1 N–H and O–H groups in total. The molecule has 1 saturated carbocycles. The van der Waals surface area contributed by atoms with Crippen LogP contribution in [0.3, 0.4) is 0 Å². The maximum absolute atomic E-state index is 6.22. The van der Waals surface area contributed by atoms with E-state index in [0.29, 0.717) is 18.2 Å². The summed E-state index contributed by atoms with van der Waals surface area (Å²) in [5, 5.41) is 3.50. The van der Waals surface area contributed by atoms with Crippen molar-refractivity contribution in [3.8, 4) is 0 Å². The van der Waals surface area contributed by atoms with Crippen LogP contribution in [0.5, 0.6) is 0 Å². The van der Waals surface area contributed by atoms with Gasteiger partial charge in [-0.3, -0.25) is 4.90 Å². The van der Waals surface area contributed by atoms with Gasteiger partial charge in [-0.05, 0) is 44.6 Å². The Bertz CT molecular complexity index is 276. The number of nitrogens with one attached hydrogen (secondary N) is 1. The maximum Gasteiger partial charge on any atom is 0.0707 e. The van der Waals surface area contributed by atoms with Crippen molar-refractivity contribution in [1.82, 2.24) is 10.2 Å². The van der Waals surface area contributed by atoms with Crippen molar-refractivity contribution >= 4 is 0 Å². The van der Waals surface area contributed by atoms with E-state index in [2.05, 4.69) is 37.9 Å². The van der Waals surface area contributed by atoms with Gasteiger partial charge in [-0.1, -0.05) is 27.7 Å². The normalized spacial score (nSPS) is 27.1. The molecule has 2 unspecified atom stereocenters. The smallest absolute Gasteiger partial charge is 0.0707 e. The average molecular weight is 282 g/mol. The van der Waals surface area contributed by atoms with Crippen LogP contribution in [0.1, 0.15) is 59.8 Å². The van der Waals surface area contributed by atoms with Gasteiger partial charge in [0.15, 0.2) is 0 Å². The minimum Gasteiger partial charge on any atom is -0.372 e. The fourth-order valence-electron chi connectivity index (χ4n) is 2.98. The second-order valence-corrected chi connectivity index (χ2v) is 7.43. The molecule has 0 bridgehead atoms. The maximum atomic E-state index is 6.22. The van der Waals surface area contributed by atoms with Crippen molar-refractivity contribution in [3.63, 3.8) is 0 Å². The summed E-state index contributed by atoms with van der Waals surface area (Å²) in [6.45, 7) is 12.5. The lowest BCUT2D eigenvalue weighted by Crippen LogP contribution is -2.37. The molecule has 3 nitrogen and oxygen atoms in total. The minimum atomic E-state index is 0.438. The SMILES string of the molecule is CC(C)CCN(CC1CCC(CNC(C)C)O1)C1CC1. The fourth-order valence-corrected chi connectivity index (χ4v) is 2.98. The minimum absolute atomic E-state index is 0.438. The van der Waals surface area contributed by atoms with Gasteiger partial charge in [-0.2, -0.15) is 0 Å². The number of hydrogen-bond acceptors (Lipinski definition) is 3. The van der Waals surface area contributed by atoms with E-state index in [-0.39, 0.29) is 0 Å². The van der Waals surface area contributed by atoms with Crippen LogP contribution >= 0.6 is 0 Å². The van der Waals surface area contributed by atoms with Crippen LogP contribution in [-0.2, 0) is 4.74 Å². The first-order valence-electron chi connectivity index (χ1n) is 8.67. The standard InChI is InChI=1S/C17H34N2O/c1-13(2)9-10-19(15-5-6-15)12-17-8-7-16(20-17)11-18-14(3)4/h13-18H,5-12H2,1-4H3. The van der Waals surface area contributed by atoms with Crippen LogP contribution in [0.4, 0.5) is 0 Å². The molecule has 2 atom stereocenters. The van der Waals surface area contributed by atoms with Gasteiger partial charge in [0, 0.05) is 25.2 Å². The second-order valence-electron chi connectivity index (χ2n) is 7.43. The lowest BCUT2D eigenvalue weighted by molar-refractivity contribution is 0.0201. The lowest BCUT2D eigenvalue weighted by atomic mass is 10.1.